The molecule has 1 amide bonds. The van der Waals surface area contributed by atoms with E-state index in [2.05, 4.69) is 10.3 Å². The second kappa shape index (κ2) is 8.84. The first kappa shape index (κ1) is 19.7. The lowest BCUT2D eigenvalue weighted by Gasteiger charge is -2.09. The number of benzene rings is 3. The molecule has 1 N–H and O–H groups in total. The number of aromatic nitrogens is 2. The molecule has 4 aromatic rings. The summed E-state index contributed by atoms with van der Waals surface area (Å²) in [4.78, 5) is 17.5. The van der Waals surface area contributed by atoms with Gasteiger partial charge in [-0.15, -0.1) is 11.6 Å². The molecule has 4 rings (SSSR count). The number of nitrogens with one attached hydrogen (secondary N) is 1. The molecule has 0 bridgehead atoms. The molecule has 0 aliphatic heterocycles. The third kappa shape index (κ3) is 4.21. The Balaban J connectivity index is 1.71. The molecular formula is C24H20ClN3O2. The molecule has 0 radical (unpaired) electrons. The standard InChI is InChI=1S/C24H20ClN3O2/c1-30-21-9-5-6-19(14-21)22-16-28(20-7-3-2-4-8-20)24(26-22)27-23(29)18-12-10-17(15-25)11-13-18/h2-14,16H,15H2,1H3,(H,26,27,29). The van der Waals surface area contributed by atoms with Crippen LogP contribution in [0.1, 0.15) is 15.9 Å². The number of amides is 1. The van der Waals surface area contributed by atoms with Crippen LogP contribution in [0.2, 0.25) is 0 Å². The van der Waals surface area contributed by atoms with Crippen molar-refractivity contribution < 1.29 is 9.53 Å². The first-order valence-corrected chi connectivity index (χ1v) is 9.97. The monoisotopic (exact) mass is 417 g/mol. The van der Waals surface area contributed by atoms with Crippen molar-refractivity contribution in [3.63, 3.8) is 0 Å². The van der Waals surface area contributed by atoms with Gasteiger partial charge in [0.1, 0.15) is 5.75 Å². The maximum Gasteiger partial charge on any atom is 0.257 e. The van der Waals surface area contributed by atoms with Gasteiger partial charge < -0.3 is 4.74 Å². The number of halogens is 1. The third-order valence-corrected chi connectivity index (χ3v) is 5.01. The summed E-state index contributed by atoms with van der Waals surface area (Å²) >= 11 is 5.84. The highest BCUT2D eigenvalue weighted by Crippen LogP contribution is 2.27. The quantitative estimate of drug-likeness (QED) is 0.419. The number of alkyl halides is 1. The largest absolute Gasteiger partial charge is 0.497 e. The predicted octanol–water partition coefficient (Wildman–Crippen LogP) is 5.54. The molecule has 150 valence electrons. The Labute approximate surface area is 179 Å². The average molecular weight is 418 g/mol. The molecular weight excluding hydrogens is 398 g/mol. The molecule has 3 aromatic carbocycles. The highest BCUT2D eigenvalue weighted by molar-refractivity contribution is 6.17. The Morgan fingerprint density at radius 1 is 1.03 bits per heavy atom. The van der Waals surface area contributed by atoms with Crippen molar-refractivity contribution in [2.75, 3.05) is 12.4 Å². The van der Waals surface area contributed by atoms with Gasteiger partial charge in [0.25, 0.3) is 5.91 Å². The van der Waals surface area contributed by atoms with E-state index in [0.29, 0.717) is 17.4 Å². The van der Waals surface area contributed by atoms with Gasteiger partial charge in [-0.25, -0.2) is 4.98 Å². The molecule has 0 fully saturated rings. The summed E-state index contributed by atoms with van der Waals surface area (Å²) in [6, 6.07) is 24.6. The van der Waals surface area contributed by atoms with Gasteiger partial charge in [-0.05, 0) is 42.0 Å². The number of ether oxygens (including phenoxy) is 1. The number of carbonyl (C=O) groups is 1. The summed E-state index contributed by atoms with van der Waals surface area (Å²) in [6.07, 6.45) is 1.90. The first-order chi connectivity index (χ1) is 14.7. The molecule has 6 heteroatoms. The minimum Gasteiger partial charge on any atom is -0.497 e. The number of anilines is 1. The van der Waals surface area contributed by atoms with Gasteiger partial charge >= 0.3 is 0 Å². The maximum atomic E-state index is 12.8. The number of carbonyl (C=O) groups excluding carboxylic acids is 1. The van der Waals surface area contributed by atoms with E-state index in [4.69, 9.17) is 16.3 Å². The van der Waals surface area contributed by atoms with Crippen LogP contribution in [0.25, 0.3) is 16.9 Å². The van der Waals surface area contributed by atoms with E-state index >= 15 is 0 Å². The van der Waals surface area contributed by atoms with E-state index in [1.54, 1.807) is 19.2 Å². The molecule has 0 unspecified atom stereocenters. The molecule has 0 aliphatic carbocycles. The lowest BCUT2D eigenvalue weighted by Crippen LogP contribution is -2.15. The van der Waals surface area contributed by atoms with Gasteiger partial charge in [0.15, 0.2) is 0 Å². The molecule has 30 heavy (non-hydrogen) atoms. The summed E-state index contributed by atoms with van der Waals surface area (Å²) in [5.74, 6) is 1.35. The van der Waals surface area contributed by atoms with Crippen molar-refractivity contribution in [3.8, 4) is 22.7 Å². The Kier molecular flexibility index (Phi) is 5.82. The normalized spacial score (nSPS) is 10.6. The van der Waals surface area contributed by atoms with Crippen molar-refractivity contribution in [2.45, 2.75) is 5.88 Å². The molecule has 0 spiro atoms. The average Bonchev–Trinajstić information content (AvgIpc) is 3.23. The van der Waals surface area contributed by atoms with E-state index < -0.39 is 0 Å². The zero-order chi connectivity index (χ0) is 20.9. The molecule has 0 saturated heterocycles. The molecule has 0 saturated carbocycles. The van der Waals surface area contributed by atoms with Crippen LogP contribution in [0.5, 0.6) is 5.75 Å². The van der Waals surface area contributed by atoms with Gasteiger partial charge in [-0.2, -0.15) is 0 Å². The van der Waals surface area contributed by atoms with Crippen molar-refractivity contribution in [3.05, 3.63) is 96.2 Å². The fourth-order valence-corrected chi connectivity index (χ4v) is 3.27. The van der Waals surface area contributed by atoms with Gasteiger partial charge in [0.05, 0.1) is 12.8 Å². The fourth-order valence-electron chi connectivity index (χ4n) is 3.09. The van der Waals surface area contributed by atoms with Crippen molar-refractivity contribution in [2.24, 2.45) is 0 Å². The molecule has 1 aromatic heterocycles. The number of methoxy groups -OCH3 is 1. The SMILES string of the molecule is COc1cccc(-c2cn(-c3ccccc3)c(NC(=O)c3ccc(CCl)cc3)n2)c1. The van der Waals surface area contributed by atoms with E-state index in [9.17, 15) is 4.79 Å². The van der Waals surface area contributed by atoms with Crippen LogP contribution in [0.15, 0.2) is 85.1 Å². The predicted molar refractivity (Wildman–Crippen MR) is 120 cm³/mol. The van der Waals surface area contributed by atoms with Crippen LogP contribution in [0, 0.1) is 0 Å². The van der Waals surface area contributed by atoms with Crippen LogP contribution in [-0.4, -0.2) is 22.6 Å². The summed E-state index contributed by atoms with van der Waals surface area (Å²) in [7, 11) is 1.63. The molecule has 5 nitrogen and oxygen atoms in total. The van der Waals surface area contributed by atoms with Gasteiger partial charge in [0, 0.05) is 28.9 Å². The molecule has 0 aliphatic rings. The number of hydrogen-bond donors (Lipinski definition) is 1. The number of nitrogens with zero attached hydrogens (tertiary/aromatic N) is 2. The van der Waals surface area contributed by atoms with E-state index in [0.717, 1.165) is 28.3 Å². The number of para-hydroxylation sites is 1. The molecule has 1 heterocycles. The van der Waals surface area contributed by atoms with Crippen molar-refractivity contribution in [1.29, 1.82) is 0 Å². The summed E-state index contributed by atoms with van der Waals surface area (Å²) in [6.45, 7) is 0. The number of hydrogen-bond acceptors (Lipinski definition) is 3. The van der Waals surface area contributed by atoms with E-state index in [1.807, 2.05) is 77.5 Å². The number of imidazole rings is 1. The maximum absolute atomic E-state index is 12.8. The van der Waals surface area contributed by atoms with Crippen LogP contribution < -0.4 is 10.1 Å². The summed E-state index contributed by atoms with van der Waals surface area (Å²) in [5.41, 5.74) is 4.01. The zero-order valence-corrected chi connectivity index (χ0v) is 17.1. The van der Waals surface area contributed by atoms with Gasteiger partial charge in [-0.3, -0.25) is 14.7 Å². The zero-order valence-electron chi connectivity index (χ0n) is 16.4. The van der Waals surface area contributed by atoms with E-state index in [-0.39, 0.29) is 5.91 Å². The minimum atomic E-state index is -0.240. The van der Waals surface area contributed by atoms with Crippen molar-refractivity contribution in [1.82, 2.24) is 9.55 Å². The second-order valence-electron chi connectivity index (χ2n) is 6.67. The Morgan fingerprint density at radius 2 is 1.80 bits per heavy atom. The topological polar surface area (TPSA) is 56.1 Å². The van der Waals surface area contributed by atoms with Crippen LogP contribution in [-0.2, 0) is 5.88 Å². The highest BCUT2D eigenvalue weighted by atomic mass is 35.5. The van der Waals surface area contributed by atoms with Gasteiger partial charge in [-0.1, -0.05) is 42.5 Å². The minimum absolute atomic E-state index is 0.240. The second-order valence-corrected chi connectivity index (χ2v) is 6.94. The lowest BCUT2D eigenvalue weighted by atomic mass is 10.1. The van der Waals surface area contributed by atoms with Crippen molar-refractivity contribution >= 4 is 23.5 Å². The van der Waals surface area contributed by atoms with Gasteiger partial charge in [0.2, 0.25) is 5.95 Å². The third-order valence-electron chi connectivity index (χ3n) is 4.70. The summed E-state index contributed by atoms with van der Waals surface area (Å²) in [5, 5.41) is 2.93. The molecule has 0 atom stereocenters. The smallest absolute Gasteiger partial charge is 0.257 e. The van der Waals surface area contributed by atoms with Crippen LogP contribution in [0.4, 0.5) is 5.95 Å². The lowest BCUT2D eigenvalue weighted by molar-refractivity contribution is 0.102. The van der Waals surface area contributed by atoms with Crippen LogP contribution in [0.3, 0.4) is 0 Å². The fraction of sp³-hybridized carbons (Fsp3) is 0.0833. The summed E-state index contributed by atoms with van der Waals surface area (Å²) < 4.78 is 7.19. The number of rotatable bonds is 6. The van der Waals surface area contributed by atoms with Crippen LogP contribution >= 0.6 is 11.6 Å². The first-order valence-electron chi connectivity index (χ1n) is 9.43. The Hall–Kier alpha value is -3.57. The highest BCUT2D eigenvalue weighted by Gasteiger charge is 2.15. The van der Waals surface area contributed by atoms with E-state index in [1.165, 1.54) is 0 Å². The Bertz CT molecular complexity index is 1150. The Morgan fingerprint density at radius 3 is 2.50 bits per heavy atom.